The van der Waals surface area contributed by atoms with E-state index in [1.165, 1.54) is 0 Å². The van der Waals surface area contributed by atoms with Crippen LogP contribution in [0.15, 0.2) is 36.4 Å². The monoisotopic (exact) mass is 245 g/mol. The van der Waals surface area contributed by atoms with E-state index in [1.807, 2.05) is 19.1 Å². The van der Waals surface area contributed by atoms with Crippen LogP contribution in [-0.4, -0.2) is 17.3 Å². The van der Waals surface area contributed by atoms with Crippen molar-refractivity contribution in [3.05, 3.63) is 42.0 Å². The molecule has 0 heterocycles. The van der Waals surface area contributed by atoms with Crippen molar-refractivity contribution in [1.82, 2.24) is 0 Å². The van der Waals surface area contributed by atoms with Crippen LogP contribution < -0.4 is 5.73 Å². The molecule has 0 aliphatic carbocycles. The molecule has 0 bridgehead atoms. The minimum Gasteiger partial charge on any atom is -0.506 e. The highest BCUT2D eigenvalue weighted by Gasteiger charge is 2.16. The second kappa shape index (κ2) is 5.06. The van der Waals surface area contributed by atoms with Crippen LogP contribution in [0.5, 0.6) is 5.75 Å². The maximum absolute atomic E-state index is 11.8. The van der Waals surface area contributed by atoms with E-state index in [-0.39, 0.29) is 11.3 Å². The number of carbonyl (C=O) groups excluding carboxylic acids is 1. The molecule has 4 heteroatoms. The van der Waals surface area contributed by atoms with E-state index >= 15 is 0 Å². The smallest absolute Gasteiger partial charge is 0.343 e. The van der Waals surface area contributed by atoms with Gasteiger partial charge in [0.1, 0.15) is 11.3 Å². The predicted octanol–water partition coefficient (Wildman–Crippen LogP) is 2.40. The number of carbonyl (C=O) groups is 1. The van der Waals surface area contributed by atoms with Gasteiger partial charge >= 0.3 is 5.97 Å². The van der Waals surface area contributed by atoms with Gasteiger partial charge in [-0.1, -0.05) is 37.3 Å². The average Bonchev–Trinajstić information content (AvgIpc) is 2.39. The van der Waals surface area contributed by atoms with Gasteiger partial charge in [0.05, 0.1) is 0 Å². The van der Waals surface area contributed by atoms with Crippen LogP contribution in [-0.2, 0) is 4.74 Å². The Morgan fingerprint density at radius 1 is 1.33 bits per heavy atom. The number of aromatic hydroxyl groups is 1. The van der Waals surface area contributed by atoms with Crippen molar-refractivity contribution in [2.45, 2.75) is 19.6 Å². The van der Waals surface area contributed by atoms with Crippen molar-refractivity contribution >= 4 is 16.7 Å². The molecular weight excluding hydrogens is 230 g/mol. The molecule has 0 aromatic heterocycles. The molecule has 2 aromatic rings. The zero-order chi connectivity index (χ0) is 13.1. The molecule has 2 aromatic carbocycles. The standard InChI is InChI=1S/C14H15NO3/c1-2-12(15)18-14(17)11-8-7-9-5-3-4-6-10(9)13(11)16/h3-8,12,16H,2,15H2,1H3. The van der Waals surface area contributed by atoms with Gasteiger partial charge in [-0.3, -0.25) is 5.73 Å². The molecular formula is C14H15NO3. The summed E-state index contributed by atoms with van der Waals surface area (Å²) < 4.78 is 4.99. The third-order valence-corrected chi connectivity index (χ3v) is 2.78. The summed E-state index contributed by atoms with van der Waals surface area (Å²) in [4.78, 5) is 11.8. The molecule has 1 atom stereocenters. The van der Waals surface area contributed by atoms with Crippen molar-refractivity contribution in [2.24, 2.45) is 5.73 Å². The fourth-order valence-electron chi connectivity index (χ4n) is 1.70. The van der Waals surface area contributed by atoms with Gasteiger partial charge in [-0.15, -0.1) is 0 Å². The lowest BCUT2D eigenvalue weighted by Gasteiger charge is -2.12. The van der Waals surface area contributed by atoms with Crippen LogP contribution in [0.25, 0.3) is 10.8 Å². The summed E-state index contributed by atoms with van der Waals surface area (Å²) in [6.07, 6.45) is -0.122. The topological polar surface area (TPSA) is 72.5 Å². The summed E-state index contributed by atoms with van der Waals surface area (Å²) in [5.41, 5.74) is 5.69. The summed E-state index contributed by atoms with van der Waals surface area (Å²) in [6.45, 7) is 1.82. The Bertz CT molecular complexity index is 580. The lowest BCUT2D eigenvalue weighted by Crippen LogP contribution is -2.26. The lowest BCUT2D eigenvalue weighted by molar-refractivity contribution is 0.0305. The molecule has 94 valence electrons. The first-order valence-electron chi connectivity index (χ1n) is 5.80. The zero-order valence-corrected chi connectivity index (χ0v) is 10.1. The predicted molar refractivity (Wildman–Crippen MR) is 69.3 cm³/mol. The summed E-state index contributed by atoms with van der Waals surface area (Å²) >= 11 is 0. The Morgan fingerprint density at radius 3 is 2.78 bits per heavy atom. The summed E-state index contributed by atoms with van der Waals surface area (Å²) in [6, 6.07) is 10.6. The van der Waals surface area contributed by atoms with E-state index in [4.69, 9.17) is 10.5 Å². The van der Waals surface area contributed by atoms with Crippen molar-refractivity contribution in [3.63, 3.8) is 0 Å². The maximum Gasteiger partial charge on any atom is 0.343 e. The van der Waals surface area contributed by atoms with Gasteiger partial charge in [0.2, 0.25) is 0 Å². The highest BCUT2D eigenvalue weighted by atomic mass is 16.6. The molecule has 4 nitrogen and oxygen atoms in total. The minimum atomic E-state index is -0.650. The number of esters is 1. The van der Waals surface area contributed by atoms with E-state index in [2.05, 4.69) is 0 Å². The van der Waals surface area contributed by atoms with Gasteiger partial charge in [-0.25, -0.2) is 4.79 Å². The van der Waals surface area contributed by atoms with Gasteiger partial charge in [0, 0.05) is 5.39 Å². The number of ether oxygens (including phenoxy) is 1. The van der Waals surface area contributed by atoms with Gasteiger partial charge < -0.3 is 9.84 Å². The summed E-state index contributed by atoms with van der Waals surface area (Å²) in [5.74, 6) is -0.672. The van der Waals surface area contributed by atoms with Crippen LogP contribution in [0.1, 0.15) is 23.7 Å². The van der Waals surface area contributed by atoms with E-state index in [0.717, 1.165) is 5.39 Å². The van der Waals surface area contributed by atoms with Gasteiger partial charge in [0.25, 0.3) is 0 Å². The second-order valence-corrected chi connectivity index (χ2v) is 4.03. The van der Waals surface area contributed by atoms with Crippen molar-refractivity contribution in [3.8, 4) is 5.75 Å². The van der Waals surface area contributed by atoms with Gasteiger partial charge in [-0.05, 0) is 17.9 Å². The minimum absolute atomic E-state index is 0.0681. The third-order valence-electron chi connectivity index (χ3n) is 2.78. The van der Waals surface area contributed by atoms with Crippen LogP contribution in [0, 0.1) is 0 Å². The molecule has 0 spiro atoms. The molecule has 0 radical (unpaired) electrons. The molecule has 0 fully saturated rings. The molecule has 18 heavy (non-hydrogen) atoms. The lowest BCUT2D eigenvalue weighted by atomic mass is 10.1. The molecule has 3 N–H and O–H groups in total. The summed E-state index contributed by atoms with van der Waals surface area (Å²) in [7, 11) is 0. The van der Waals surface area contributed by atoms with E-state index in [9.17, 15) is 9.90 Å². The number of nitrogens with two attached hydrogens (primary N) is 1. The number of hydrogen-bond acceptors (Lipinski definition) is 4. The first-order chi connectivity index (χ1) is 8.63. The molecule has 1 unspecified atom stereocenters. The van der Waals surface area contributed by atoms with Crippen molar-refractivity contribution < 1.29 is 14.6 Å². The van der Waals surface area contributed by atoms with Crippen molar-refractivity contribution in [1.29, 1.82) is 0 Å². The van der Waals surface area contributed by atoms with Gasteiger partial charge in [-0.2, -0.15) is 0 Å². The highest BCUT2D eigenvalue weighted by molar-refractivity contribution is 6.01. The molecule has 0 amide bonds. The molecule has 0 aliphatic rings. The van der Waals surface area contributed by atoms with Crippen LogP contribution in [0.4, 0.5) is 0 Å². The number of rotatable bonds is 3. The Morgan fingerprint density at radius 2 is 2.06 bits per heavy atom. The Hall–Kier alpha value is -2.07. The quantitative estimate of drug-likeness (QED) is 0.643. The fraction of sp³-hybridized carbons (Fsp3) is 0.214. The number of phenolic OH excluding ortho intramolecular Hbond substituents is 1. The molecule has 0 saturated carbocycles. The number of benzene rings is 2. The van der Waals surface area contributed by atoms with E-state index in [0.29, 0.717) is 11.8 Å². The van der Waals surface area contributed by atoms with Gasteiger partial charge in [0.15, 0.2) is 6.23 Å². The van der Waals surface area contributed by atoms with Crippen LogP contribution in [0.3, 0.4) is 0 Å². The maximum atomic E-state index is 11.8. The summed E-state index contributed by atoms with van der Waals surface area (Å²) in [5, 5.41) is 11.6. The zero-order valence-electron chi connectivity index (χ0n) is 10.1. The Balaban J connectivity index is 2.40. The largest absolute Gasteiger partial charge is 0.506 e. The van der Waals surface area contributed by atoms with E-state index in [1.54, 1.807) is 24.3 Å². The fourth-order valence-corrected chi connectivity index (χ4v) is 1.70. The number of phenols is 1. The van der Waals surface area contributed by atoms with Crippen LogP contribution >= 0.6 is 0 Å². The molecule has 0 aliphatic heterocycles. The first-order valence-corrected chi connectivity index (χ1v) is 5.80. The van der Waals surface area contributed by atoms with Crippen molar-refractivity contribution in [2.75, 3.05) is 0 Å². The third kappa shape index (κ3) is 2.28. The normalized spacial score (nSPS) is 12.3. The van der Waals surface area contributed by atoms with E-state index < -0.39 is 12.2 Å². The first kappa shape index (κ1) is 12.4. The Labute approximate surface area is 105 Å². The second-order valence-electron chi connectivity index (χ2n) is 4.03. The van der Waals surface area contributed by atoms with Crippen LogP contribution in [0.2, 0.25) is 0 Å². The Kier molecular flexibility index (Phi) is 3.48. The number of hydrogen-bond donors (Lipinski definition) is 2. The average molecular weight is 245 g/mol. The molecule has 2 rings (SSSR count). The SMILES string of the molecule is CCC(N)OC(=O)c1ccc2ccccc2c1O. The highest BCUT2D eigenvalue weighted by Crippen LogP contribution is 2.29. The molecule has 0 saturated heterocycles. The number of fused-ring (bicyclic) bond motifs is 1.